The smallest absolute Gasteiger partial charge is 0.270 e. The van der Waals surface area contributed by atoms with Crippen LogP contribution in [0.1, 0.15) is 0 Å². The van der Waals surface area contributed by atoms with Crippen LogP contribution in [0.2, 0.25) is 0 Å². The van der Waals surface area contributed by atoms with Crippen LogP contribution in [0.25, 0.3) is 0 Å². The van der Waals surface area contributed by atoms with Crippen molar-refractivity contribution < 1.29 is 13.3 Å². The van der Waals surface area contributed by atoms with Gasteiger partial charge in [0.2, 0.25) is 0 Å². The van der Waals surface area contributed by atoms with Crippen LogP contribution in [0.3, 0.4) is 0 Å². The van der Waals surface area contributed by atoms with Gasteiger partial charge in [0.05, 0.1) is 16.9 Å². The van der Waals surface area contributed by atoms with Crippen molar-refractivity contribution in [2.45, 2.75) is 4.90 Å². The number of hydrogen-bond donors (Lipinski definition) is 0. The summed E-state index contributed by atoms with van der Waals surface area (Å²) in [5.41, 5.74) is -0.0945. The maximum absolute atomic E-state index is 11.1. The molecule has 6 heteroatoms. The zero-order chi connectivity index (χ0) is 9.84. The maximum Gasteiger partial charge on any atom is 0.270 e. The molecule has 1 unspecified atom stereocenters. The van der Waals surface area contributed by atoms with E-state index in [1.807, 2.05) is 0 Å². The van der Waals surface area contributed by atoms with Crippen LogP contribution >= 0.6 is 0 Å². The molecule has 13 heavy (non-hydrogen) atoms. The van der Waals surface area contributed by atoms with Crippen LogP contribution in [0, 0.1) is 10.1 Å². The molecule has 0 aromatic heterocycles. The zero-order valence-electron chi connectivity index (χ0n) is 6.80. The molecule has 0 N–H and O–H groups in total. The molecule has 1 atom stereocenters. The summed E-state index contributed by atoms with van der Waals surface area (Å²) in [6.07, 6.45) is 0. The first-order chi connectivity index (χ1) is 6.15. The molecule has 0 spiro atoms. The molecular formula is C7H7NO4S. The molecule has 70 valence electrons. The highest BCUT2D eigenvalue weighted by Gasteiger charge is 2.09. The Morgan fingerprint density at radius 1 is 1.54 bits per heavy atom. The third-order valence-corrected chi connectivity index (χ3v) is 2.31. The second kappa shape index (κ2) is 4.11. The van der Waals surface area contributed by atoms with E-state index in [1.54, 1.807) is 0 Å². The van der Waals surface area contributed by atoms with Gasteiger partial charge in [-0.05, 0) is 6.07 Å². The van der Waals surface area contributed by atoms with E-state index in [0.717, 1.165) is 0 Å². The topological polar surface area (TPSA) is 69.4 Å². The predicted octanol–water partition coefficient (Wildman–Crippen LogP) is 1.26. The van der Waals surface area contributed by atoms with E-state index in [4.69, 9.17) is 0 Å². The van der Waals surface area contributed by atoms with Crippen molar-refractivity contribution in [1.82, 2.24) is 0 Å². The van der Waals surface area contributed by atoms with Gasteiger partial charge in [-0.25, -0.2) is 4.21 Å². The number of nitrogens with zero attached hydrogens (tertiary/aromatic N) is 1. The van der Waals surface area contributed by atoms with Gasteiger partial charge in [-0.3, -0.25) is 14.3 Å². The summed E-state index contributed by atoms with van der Waals surface area (Å²) >= 11 is -1.62. The van der Waals surface area contributed by atoms with Crippen LogP contribution in [-0.4, -0.2) is 16.2 Å². The van der Waals surface area contributed by atoms with Crippen LogP contribution in [0.4, 0.5) is 5.69 Å². The van der Waals surface area contributed by atoms with Gasteiger partial charge in [0.15, 0.2) is 11.1 Å². The number of non-ortho nitro benzene ring substituents is 1. The molecule has 0 saturated heterocycles. The van der Waals surface area contributed by atoms with Gasteiger partial charge in [-0.15, -0.1) is 0 Å². The highest BCUT2D eigenvalue weighted by atomic mass is 32.2. The zero-order valence-corrected chi connectivity index (χ0v) is 7.61. The summed E-state index contributed by atoms with van der Waals surface area (Å²) in [7, 11) is 1.27. The van der Waals surface area contributed by atoms with Gasteiger partial charge in [-0.1, -0.05) is 6.07 Å². The van der Waals surface area contributed by atoms with Crippen molar-refractivity contribution in [2.75, 3.05) is 7.11 Å². The Hall–Kier alpha value is -1.27. The van der Waals surface area contributed by atoms with Crippen LogP contribution in [0.5, 0.6) is 0 Å². The molecule has 0 amide bonds. The molecule has 0 aliphatic heterocycles. The average Bonchev–Trinajstić information content (AvgIpc) is 2.17. The summed E-state index contributed by atoms with van der Waals surface area (Å²) < 4.78 is 15.6. The lowest BCUT2D eigenvalue weighted by molar-refractivity contribution is -0.385. The van der Waals surface area contributed by atoms with E-state index < -0.39 is 16.0 Å². The maximum atomic E-state index is 11.1. The first-order valence-corrected chi connectivity index (χ1v) is 4.43. The van der Waals surface area contributed by atoms with Crippen molar-refractivity contribution in [3.63, 3.8) is 0 Å². The Kier molecular flexibility index (Phi) is 3.10. The SMILES string of the molecule is COS(=O)c1cccc([N+](=O)[O-])c1. The van der Waals surface area contributed by atoms with Gasteiger partial charge in [0.25, 0.3) is 5.69 Å². The van der Waals surface area contributed by atoms with E-state index in [2.05, 4.69) is 4.18 Å². The molecule has 0 heterocycles. The average molecular weight is 201 g/mol. The largest absolute Gasteiger partial charge is 0.290 e. The van der Waals surface area contributed by atoms with Gasteiger partial charge in [0, 0.05) is 12.1 Å². The highest BCUT2D eigenvalue weighted by molar-refractivity contribution is 7.80. The number of rotatable bonds is 3. The van der Waals surface area contributed by atoms with Crippen molar-refractivity contribution >= 4 is 16.8 Å². The van der Waals surface area contributed by atoms with E-state index in [-0.39, 0.29) is 10.6 Å². The molecule has 0 bridgehead atoms. The fraction of sp³-hybridized carbons (Fsp3) is 0.143. The minimum Gasteiger partial charge on any atom is -0.290 e. The Balaban J connectivity index is 3.05. The molecule has 1 rings (SSSR count). The van der Waals surface area contributed by atoms with Gasteiger partial charge < -0.3 is 0 Å². The molecule has 0 saturated carbocycles. The first-order valence-electron chi connectivity index (χ1n) is 3.36. The number of benzene rings is 1. The van der Waals surface area contributed by atoms with Gasteiger partial charge in [0.1, 0.15) is 0 Å². The van der Waals surface area contributed by atoms with E-state index >= 15 is 0 Å². The summed E-state index contributed by atoms with van der Waals surface area (Å²) in [5.74, 6) is 0. The number of hydrogen-bond acceptors (Lipinski definition) is 4. The number of nitro groups is 1. The fourth-order valence-corrected chi connectivity index (χ4v) is 1.40. The summed E-state index contributed by atoms with van der Waals surface area (Å²) in [4.78, 5) is 10.1. The molecule has 1 aromatic rings. The van der Waals surface area contributed by atoms with Crippen molar-refractivity contribution in [2.24, 2.45) is 0 Å². The second-order valence-electron chi connectivity index (χ2n) is 2.16. The molecule has 5 nitrogen and oxygen atoms in total. The number of nitro benzene ring substituents is 1. The van der Waals surface area contributed by atoms with Crippen molar-refractivity contribution in [3.05, 3.63) is 34.4 Å². The molecule has 0 fully saturated rings. The standard InChI is InChI=1S/C7H7NO4S/c1-12-13(11)7-4-2-3-6(5-7)8(9)10/h2-5H,1H3. The minimum atomic E-state index is -1.62. The highest BCUT2D eigenvalue weighted by Crippen LogP contribution is 2.15. The van der Waals surface area contributed by atoms with Crippen LogP contribution in [-0.2, 0) is 15.3 Å². The Morgan fingerprint density at radius 3 is 2.77 bits per heavy atom. The summed E-state index contributed by atoms with van der Waals surface area (Å²) in [6.45, 7) is 0. The fourth-order valence-electron chi connectivity index (χ4n) is 0.797. The molecule has 0 aliphatic carbocycles. The monoisotopic (exact) mass is 201 g/mol. The lowest BCUT2D eigenvalue weighted by Gasteiger charge is -1.97. The minimum absolute atomic E-state index is 0.0945. The first kappa shape index (κ1) is 9.82. The lowest BCUT2D eigenvalue weighted by Crippen LogP contribution is -1.95. The molecule has 0 aliphatic rings. The molecular weight excluding hydrogens is 194 g/mol. The Labute approximate surface area is 77.1 Å². The molecule has 1 aromatic carbocycles. The quantitative estimate of drug-likeness (QED) is 0.545. The lowest BCUT2D eigenvalue weighted by atomic mass is 10.3. The Bertz CT molecular complexity index is 352. The van der Waals surface area contributed by atoms with E-state index in [0.29, 0.717) is 0 Å². The predicted molar refractivity (Wildman–Crippen MR) is 46.5 cm³/mol. The Morgan fingerprint density at radius 2 is 2.23 bits per heavy atom. The van der Waals surface area contributed by atoms with Gasteiger partial charge in [-0.2, -0.15) is 0 Å². The normalized spacial score (nSPS) is 12.4. The van der Waals surface area contributed by atoms with E-state index in [9.17, 15) is 14.3 Å². The van der Waals surface area contributed by atoms with Crippen molar-refractivity contribution in [3.8, 4) is 0 Å². The second-order valence-corrected chi connectivity index (χ2v) is 3.43. The third-order valence-electron chi connectivity index (χ3n) is 1.37. The third kappa shape index (κ3) is 2.33. The summed E-state index contributed by atoms with van der Waals surface area (Å²) in [5, 5.41) is 10.3. The van der Waals surface area contributed by atoms with Crippen LogP contribution in [0.15, 0.2) is 29.2 Å². The van der Waals surface area contributed by atoms with Crippen LogP contribution < -0.4 is 0 Å². The molecule has 0 radical (unpaired) electrons. The van der Waals surface area contributed by atoms with Gasteiger partial charge >= 0.3 is 0 Å². The van der Waals surface area contributed by atoms with E-state index in [1.165, 1.54) is 31.4 Å². The summed E-state index contributed by atoms with van der Waals surface area (Å²) in [6, 6.07) is 5.52. The van der Waals surface area contributed by atoms with Crippen molar-refractivity contribution in [1.29, 1.82) is 0 Å².